The van der Waals surface area contributed by atoms with Crippen LogP contribution in [0, 0.1) is 0 Å². The van der Waals surface area contributed by atoms with E-state index in [2.05, 4.69) is 4.99 Å². The first-order valence-corrected chi connectivity index (χ1v) is 5.89. The van der Waals surface area contributed by atoms with Crippen molar-refractivity contribution in [3.8, 4) is 0 Å². The first-order chi connectivity index (χ1) is 7.97. The van der Waals surface area contributed by atoms with E-state index in [0.717, 1.165) is 17.7 Å². The molecular formula is C13H21N3O. The Kier molecular flexibility index (Phi) is 4.49. The van der Waals surface area contributed by atoms with Gasteiger partial charge in [-0.2, -0.15) is 0 Å². The van der Waals surface area contributed by atoms with Crippen molar-refractivity contribution in [2.24, 2.45) is 10.7 Å². The van der Waals surface area contributed by atoms with Crippen LogP contribution in [0.15, 0.2) is 28.0 Å². The molecule has 0 aromatic rings. The van der Waals surface area contributed by atoms with Crippen molar-refractivity contribution < 1.29 is 4.79 Å². The van der Waals surface area contributed by atoms with Crippen molar-refractivity contribution >= 4 is 11.5 Å². The van der Waals surface area contributed by atoms with E-state index in [1.807, 2.05) is 39.0 Å². The van der Waals surface area contributed by atoms with Crippen LogP contribution in [0.3, 0.4) is 0 Å². The Morgan fingerprint density at radius 2 is 2.12 bits per heavy atom. The second-order valence-electron chi connectivity index (χ2n) is 4.41. The van der Waals surface area contributed by atoms with E-state index in [9.17, 15) is 4.79 Å². The molecule has 0 aromatic heterocycles. The minimum Gasteiger partial charge on any atom is -0.401 e. The number of allylic oxidation sites excluding steroid dienone is 3. The van der Waals surface area contributed by atoms with Crippen LogP contribution in [0.2, 0.25) is 0 Å². The Labute approximate surface area is 103 Å². The van der Waals surface area contributed by atoms with Crippen molar-refractivity contribution in [3.63, 3.8) is 0 Å². The van der Waals surface area contributed by atoms with Gasteiger partial charge in [0, 0.05) is 43.8 Å². The van der Waals surface area contributed by atoms with Gasteiger partial charge in [0.25, 0.3) is 0 Å². The largest absolute Gasteiger partial charge is 0.401 e. The molecule has 4 nitrogen and oxygen atoms in total. The lowest BCUT2D eigenvalue weighted by atomic mass is 9.88. The monoisotopic (exact) mass is 235 g/mol. The standard InChI is InChI=1S/C13H21N3O/c1-5-15-9(2)12-11(14)7-6-10(13(12)17)8-16(3)4/h8H,5-7,14H2,1-4H3/b10-8-,15-9?. The van der Waals surface area contributed by atoms with Gasteiger partial charge >= 0.3 is 0 Å². The van der Waals surface area contributed by atoms with E-state index < -0.39 is 0 Å². The molecule has 0 spiro atoms. The highest BCUT2D eigenvalue weighted by Gasteiger charge is 2.25. The van der Waals surface area contributed by atoms with E-state index >= 15 is 0 Å². The number of carbonyl (C=O) groups excluding carboxylic acids is 1. The fourth-order valence-electron chi connectivity index (χ4n) is 1.96. The summed E-state index contributed by atoms with van der Waals surface area (Å²) >= 11 is 0. The first kappa shape index (κ1) is 13.5. The zero-order valence-corrected chi connectivity index (χ0v) is 11.1. The first-order valence-electron chi connectivity index (χ1n) is 5.89. The van der Waals surface area contributed by atoms with Gasteiger partial charge in [-0.25, -0.2) is 0 Å². The van der Waals surface area contributed by atoms with Crippen molar-refractivity contribution in [2.75, 3.05) is 20.6 Å². The summed E-state index contributed by atoms with van der Waals surface area (Å²) in [6.45, 7) is 4.47. The number of carbonyl (C=O) groups is 1. The Hall–Kier alpha value is -1.58. The number of nitrogens with two attached hydrogens (primary N) is 1. The molecule has 0 bridgehead atoms. The van der Waals surface area contributed by atoms with Gasteiger partial charge in [-0.05, 0) is 26.7 Å². The fourth-order valence-corrected chi connectivity index (χ4v) is 1.96. The summed E-state index contributed by atoms with van der Waals surface area (Å²) < 4.78 is 0. The van der Waals surface area contributed by atoms with Gasteiger partial charge in [0.15, 0.2) is 5.78 Å². The fraction of sp³-hybridized carbons (Fsp3) is 0.538. The third kappa shape index (κ3) is 3.19. The molecule has 0 aromatic carbocycles. The lowest BCUT2D eigenvalue weighted by Gasteiger charge is -2.20. The summed E-state index contributed by atoms with van der Waals surface area (Å²) in [5, 5.41) is 0. The molecule has 0 aliphatic heterocycles. The van der Waals surface area contributed by atoms with E-state index in [-0.39, 0.29) is 5.78 Å². The number of aliphatic imine (C=N–C) groups is 1. The van der Waals surface area contributed by atoms with Gasteiger partial charge in [-0.3, -0.25) is 9.79 Å². The molecular weight excluding hydrogens is 214 g/mol. The molecule has 0 heterocycles. The maximum absolute atomic E-state index is 12.3. The number of nitrogens with zero attached hydrogens (tertiary/aromatic N) is 2. The van der Waals surface area contributed by atoms with Crippen LogP contribution in [0.4, 0.5) is 0 Å². The van der Waals surface area contributed by atoms with Crippen molar-refractivity contribution in [2.45, 2.75) is 26.7 Å². The predicted octanol–water partition coefficient (Wildman–Crippen LogP) is 1.49. The van der Waals surface area contributed by atoms with Crippen molar-refractivity contribution in [1.29, 1.82) is 0 Å². The number of rotatable bonds is 3. The van der Waals surface area contributed by atoms with Gasteiger partial charge in [-0.1, -0.05) is 0 Å². The average molecular weight is 235 g/mol. The molecule has 0 saturated heterocycles. The van der Waals surface area contributed by atoms with Gasteiger partial charge in [-0.15, -0.1) is 0 Å². The molecule has 17 heavy (non-hydrogen) atoms. The zero-order valence-electron chi connectivity index (χ0n) is 11.1. The topological polar surface area (TPSA) is 58.7 Å². The second-order valence-corrected chi connectivity index (χ2v) is 4.41. The molecule has 1 aliphatic rings. The van der Waals surface area contributed by atoms with Crippen LogP contribution in [-0.4, -0.2) is 37.0 Å². The quantitative estimate of drug-likeness (QED) is 0.595. The number of Topliss-reactive ketones (excluding diaryl/α,β-unsaturated/α-hetero) is 1. The molecule has 0 fully saturated rings. The van der Waals surface area contributed by atoms with Crippen LogP contribution in [0.25, 0.3) is 0 Å². The second kappa shape index (κ2) is 5.66. The Balaban J connectivity index is 3.11. The molecule has 0 radical (unpaired) electrons. The SMILES string of the molecule is CCN=C(C)C1=C(N)CC/C(=C/N(C)C)C1=O. The van der Waals surface area contributed by atoms with Crippen LogP contribution < -0.4 is 5.73 Å². The van der Waals surface area contributed by atoms with Crippen LogP contribution >= 0.6 is 0 Å². The maximum Gasteiger partial charge on any atom is 0.194 e. The molecule has 2 N–H and O–H groups in total. The Morgan fingerprint density at radius 3 is 2.65 bits per heavy atom. The number of hydrogen-bond donors (Lipinski definition) is 1. The molecule has 94 valence electrons. The highest BCUT2D eigenvalue weighted by molar-refractivity contribution is 6.28. The highest BCUT2D eigenvalue weighted by Crippen LogP contribution is 2.24. The summed E-state index contributed by atoms with van der Waals surface area (Å²) in [6.07, 6.45) is 3.32. The number of ketones is 1. The van der Waals surface area contributed by atoms with E-state index in [0.29, 0.717) is 24.2 Å². The molecule has 0 atom stereocenters. The summed E-state index contributed by atoms with van der Waals surface area (Å²) in [5.41, 5.74) is 8.76. The molecule has 0 saturated carbocycles. The molecule has 1 rings (SSSR count). The van der Waals surface area contributed by atoms with E-state index in [4.69, 9.17) is 5.73 Å². The normalized spacial score (nSPS) is 20.1. The molecule has 0 unspecified atom stereocenters. The van der Waals surface area contributed by atoms with Crippen LogP contribution in [0.1, 0.15) is 26.7 Å². The van der Waals surface area contributed by atoms with E-state index in [1.54, 1.807) is 0 Å². The lowest BCUT2D eigenvalue weighted by Crippen LogP contribution is -2.24. The van der Waals surface area contributed by atoms with Gasteiger partial charge < -0.3 is 10.6 Å². The third-order valence-corrected chi connectivity index (χ3v) is 2.67. The maximum atomic E-state index is 12.3. The average Bonchev–Trinajstić information content (AvgIpc) is 2.22. The van der Waals surface area contributed by atoms with Gasteiger partial charge in [0.2, 0.25) is 0 Å². The van der Waals surface area contributed by atoms with Crippen molar-refractivity contribution in [3.05, 3.63) is 23.0 Å². The number of hydrogen-bond acceptors (Lipinski definition) is 4. The third-order valence-electron chi connectivity index (χ3n) is 2.67. The zero-order chi connectivity index (χ0) is 13.0. The Bertz CT molecular complexity index is 403. The molecule has 4 heteroatoms. The predicted molar refractivity (Wildman–Crippen MR) is 70.9 cm³/mol. The van der Waals surface area contributed by atoms with Gasteiger partial charge in [0.1, 0.15) is 0 Å². The summed E-state index contributed by atoms with van der Waals surface area (Å²) in [7, 11) is 3.82. The summed E-state index contributed by atoms with van der Waals surface area (Å²) in [5.74, 6) is 0.0251. The van der Waals surface area contributed by atoms with Crippen LogP contribution in [0.5, 0.6) is 0 Å². The minimum absolute atomic E-state index is 0.0251. The summed E-state index contributed by atoms with van der Waals surface area (Å²) in [6, 6.07) is 0. The highest BCUT2D eigenvalue weighted by atomic mass is 16.1. The minimum atomic E-state index is 0.0251. The van der Waals surface area contributed by atoms with Crippen LogP contribution in [-0.2, 0) is 4.79 Å². The van der Waals surface area contributed by atoms with Gasteiger partial charge in [0.05, 0.1) is 5.57 Å². The molecule has 1 aliphatic carbocycles. The Morgan fingerprint density at radius 1 is 1.47 bits per heavy atom. The lowest BCUT2D eigenvalue weighted by molar-refractivity contribution is -0.112. The van der Waals surface area contributed by atoms with E-state index in [1.165, 1.54) is 0 Å². The smallest absolute Gasteiger partial charge is 0.194 e. The summed E-state index contributed by atoms with van der Waals surface area (Å²) in [4.78, 5) is 18.4. The molecule has 0 amide bonds. The van der Waals surface area contributed by atoms with Crippen molar-refractivity contribution in [1.82, 2.24) is 4.90 Å².